The first-order valence-electron chi connectivity index (χ1n) is 8.19. The summed E-state index contributed by atoms with van der Waals surface area (Å²) < 4.78 is 5.76. The molecule has 0 amide bonds. The molecule has 0 aromatic rings. The Morgan fingerprint density at radius 1 is 1.37 bits per heavy atom. The Balaban J connectivity index is 1.85. The van der Waals surface area contributed by atoms with Gasteiger partial charge in [-0.25, -0.2) is 0 Å². The summed E-state index contributed by atoms with van der Waals surface area (Å²) in [5.41, 5.74) is 0.418. The molecule has 3 heteroatoms. The average molecular weight is 268 g/mol. The summed E-state index contributed by atoms with van der Waals surface area (Å²) in [6.45, 7) is 12.6. The summed E-state index contributed by atoms with van der Waals surface area (Å²) in [4.78, 5) is 2.63. The van der Waals surface area contributed by atoms with Gasteiger partial charge in [0.1, 0.15) is 0 Å². The first-order chi connectivity index (χ1) is 9.11. The highest BCUT2D eigenvalue weighted by Gasteiger charge is 2.30. The standard InChI is InChI=1S/C16H32N2O/c1-4-8-16(3,12-17-15-6-7-15)13-18-9-5-10-19-14(2)11-18/h14-15,17H,4-13H2,1-3H3. The Hall–Kier alpha value is -0.120. The van der Waals surface area contributed by atoms with E-state index >= 15 is 0 Å². The van der Waals surface area contributed by atoms with Crippen molar-refractivity contribution in [2.45, 2.75) is 65.0 Å². The molecule has 1 N–H and O–H groups in total. The quantitative estimate of drug-likeness (QED) is 0.768. The van der Waals surface area contributed by atoms with Gasteiger partial charge in [-0.2, -0.15) is 0 Å². The Labute approximate surface area is 119 Å². The van der Waals surface area contributed by atoms with Crippen LogP contribution < -0.4 is 5.32 Å². The van der Waals surface area contributed by atoms with E-state index in [0.717, 1.165) is 19.2 Å². The van der Waals surface area contributed by atoms with Gasteiger partial charge in [-0.05, 0) is 38.0 Å². The molecule has 0 radical (unpaired) electrons. The lowest BCUT2D eigenvalue weighted by Gasteiger charge is -2.36. The molecular weight excluding hydrogens is 236 g/mol. The van der Waals surface area contributed by atoms with E-state index in [2.05, 4.69) is 31.0 Å². The summed E-state index contributed by atoms with van der Waals surface area (Å²) in [5, 5.41) is 3.74. The molecule has 2 aliphatic rings. The zero-order chi connectivity index (χ0) is 13.7. The van der Waals surface area contributed by atoms with Crippen LogP contribution in [0.4, 0.5) is 0 Å². The fourth-order valence-electron chi connectivity index (χ4n) is 3.27. The van der Waals surface area contributed by atoms with Crippen LogP contribution in [0, 0.1) is 5.41 Å². The normalized spacial score (nSPS) is 28.9. The molecule has 2 unspecified atom stereocenters. The molecule has 3 nitrogen and oxygen atoms in total. The maximum Gasteiger partial charge on any atom is 0.0673 e. The van der Waals surface area contributed by atoms with Gasteiger partial charge in [0, 0.05) is 38.8 Å². The van der Waals surface area contributed by atoms with Crippen molar-refractivity contribution in [3.8, 4) is 0 Å². The zero-order valence-electron chi connectivity index (χ0n) is 13.1. The van der Waals surface area contributed by atoms with Crippen LogP contribution in [0.2, 0.25) is 0 Å². The molecule has 19 heavy (non-hydrogen) atoms. The molecule has 1 aliphatic heterocycles. The van der Waals surface area contributed by atoms with Crippen LogP contribution in [-0.2, 0) is 4.74 Å². The van der Waals surface area contributed by atoms with Crippen molar-refractivity contribution >= 4 is 0 Å². The predicted molar refractivity (Wildman–Crippen MR) is 80.5 cm³/mol. The van der Waals surface area contributed by atoms with E-state index in [1.54, 1.807) is 0 Å². The summed E-state index contributed by atoms with van der Waals surface area (Å²) in [5.74, 6) is 0. The molecule has 2 fully saturated rings. The zero-order valence-corrected chi connectivity index (χ0v) is 13.1. The second kappa shape index (κ2) is 7.05. The maximum absolute atomic E-state index is 5.76. The molecule has 1 aliphatic carbocycles. The molecule has 2 rings (SSSR count). The van der Waals surface area contributed by atoms with Crippen molar-refractivity contribution in [1.29, 1.82) is 0 Å². The van der Waals surface area contributed by atoms with E-state index in [4.69, 9.17) is 4.74 Å². The maximum atomic E-state index is 5.76. The summed E-state index contributed by atoms with van der Waals surface area (Å²) >= 11 is 0. The Bertz CT molecular complexity index is 267. The van der Waals surface area contributed by atoms with Crippen LogP contribution in [-0.4, -0.2) is 49.8 Å². The first-order valence-corrected chi connectivity index (χ1v) is 8.19. The van der Waals surface area contributed by atoms with E-state index in [9.17, 15) is 0 Å². The molecule has 112 valence electrons. The minimum atomic E-state index is 0.393. The molecular formula is C16H32N2O. The van der Waals surface area contributed by atoms with Gasteiger partial charge in [0.2, 0.25) is 0 Å². The van der Waals surface area contributed by atoms with Crippen LogP contribution in [0.3, 0.4) is 0 Å². The highest BCUT2D eigenvalue weighted by molar-refractivity contribution is 4.87. The second-order valence-electron chi connectivity index (χ2n) is 6.99. The number of nitrogens with one attached hydrogen (secondary N) is 1. The summed E-state index contributed by atoms with van der Waals surface area (Å²) in [7, 11) is 0. The van der Waals surface area contributed by atoms with Gasteiger partial charge in [-0.3, -0.25) is 0 Å². The summed E-state index contributed by atoms with van der Waals surface area (Å²) in [6.07, 6.45) is 6.95. The number of ether oxygens (including phenoxy) is 1. The van der Waals surface area contributed by atoms with Crippen LogP contribution in [0.15, 0.2) is 0 Å². The lowest BCUT2D eigenvalue weighted by molar-refractivity contribution is 0.0592. The van der Waals surface area contributed by atoms with Crippen LogP contribution in [0.25, 0.3) is 0 Å². The molecule has 1 saturated carbocycles. The predicted octanol–water partition coefficient (Wildman–Crippen LogP) is 2.66. The van der Waals surface area contributed by atoms with Crippen LogP contribution in [0.1, 0.15) is 52.9 Å². The van der Waals surface area contributed by atoms with Gasteiger partial charge < -0.3 is 15.0 Å². The number of hydrogen-bond acceptors (Lipinski definition) is 3. The highest BCUT2D eigenvalue weighted by atomic mass is 16.5. The van der Waals surface area contributed by atoms with Gasteiger partial charge in [0.25, 0.3) is 0 Å². The fourth-order valence-corrected chi connectivity index (χ4v) is 3.27. The SMILES string of the molecule is CCCC(C)(CNC1CC1)CN1CCCOC(C)C1. The molecule has 0 aromatic carbocycles. The molecule has 0 aromatic heterocycles. The van der Waals surface area contributed by atoms with Crippen molar-refractivity contribution in [1.82, 2.24) is 10.2 Å². The van der Waals surface area contributed by atoms with E-state index in [-0.39, 0.29) is 0 Å². The summed E-state index contributed by atoms with van der Waals surface area (Å²) in [6, 6.07) is 0.822. The van der Waals surface area contributed by atoms with Crippen molar-refractivity contribution in [2.24, 2.45) is 5.41 Å². The van der Waals surface area contributed by atoms with E-state index < -0.39 is 0 Å². The lowest BCUT2D eigenvalue weighted by atomic mass is 9.84. The molecule has 2 atom stereocenters. The number of hydrogen-bond donors (Lipinski definition) is 1. The molecule has 1 heterocycles. The third-order valence-corrected chi connectivity index (χ3v) is 4.39. The van der Waals surface area contributed by atoms with Gasteiger partial charge in [-0.1, -0.05) is 20.3 Å². The molecule has 0 spiro atoms. The second-order valence-corrected chi connectivity index (χ2v) is 6.99. The number of nitrogens with zero attached hydrogens (tertiary/aromatic N) is 1. The van der Waals surface area contributed by atoms with E-state index in [1.165, 1.54) is 51.7 Å². The Morgan fingerprint density at radius 3 is 2.84 bits per heavy atom. The van der Waals surface area contributed by atoms with E-state index in [1.807, 2.05) is 0 Å². The number of rotatable bonds is 7. The largest absolute Gasteiger partial charge is 0.377 e. The van der Waals surface area contributed by atoms with E-state index in [0.29, 0.717) is 11.5 Å². The topological polar surface area (TPSA) is 24.5 Å². The lowest BCUT2D eigenvalue weighted by Crippen LogP contribution is -2.44. The average Bonchev–Trinajstić information content (AvgIpc) is 3.16. The van der Waals surface area contributed by atoms with Gasteiger partial charge in [-0.15, -0.1) is 0 Å². The minimum Gasteiger partial charge on any atom is -0.377 e. The minimum absolute atomic E-state index is 0.393. The smallest absolute Gasteiger partial charge is 0.0673 e. The Morgan fingerprint density at radius 2 is 2.16 bits per heavy atom. The first kappa shape index (κ1) is 15.3. The third kappa shape index (κ3) is 5.41. The van der Waals surface area contributed by atoms with Gasteiger partial charge in [0.15, 0.2) is 0 Å². The Kier molecular flexibility index (Phi) is 5.67. The third-order valence-electron chi connectivity index (χ3n) is 4.39. The van der Waals surface area contributed by atoms with Crippen LogP contribution >= 0.6 is 0 Å². The van der Waals surface area contributed by atoms with Crippen molar-refractivity contribution in [3.05, 3.63) is 0 Å². The molecule has 0 bridgehead atoms. The van der Waals surface area contributed by atoms with Crippen molar-refractivity contribution < 1.29 is 4.74 Å². The van der Waals surface area contributed by atoms with Crippen molar-refractivity contribution in [2.75, 3.05) is 32.8 Å². The highest BCUT2D eigenvalue weighted by Crippen LogP contribution is 2.27. The van der Waals surface area contributed by atoms with Crippen LogP contribution in [0.5, 0.6) is 0 Å². The molecule has 1 saturated heterocycles. The van der Waals surface area contributed by atoms with Crippen molar-refractivity contribution in [3.63, 3.8) is 0 Å². The monoisotopic (exact) mass is 268 g/mol. The van der Waals surface area contributed by atoms with Gasteiger partial charge >= 0.3 is 0 Å². The van der Waals surface area contributed by atoms with Gasteiger partial charge in [0.05, 0.1) is 6.10 Å². The fraction of sp³-hybridized carbons (Fsp3) is 1.00.